The number of hydrogen-bond donors (Lipinski definition) is 3. The van der Waals surface area contributed by atoms with Gasteiger partial charge in [0, 0.05) is 24.5 Å². The number of amides is 3. The van der Waals surface area contributed by atoms with Gasteiger partial charge in [0.1, 0.15) is 0 Å². The Bertz CT molecular complexity index is 616. The number of nitrogens with zero attached hydrogens (tertiary/aromatic N) is 1. The molecule has 7 nitrogen and oxygen atoms in total. The number of carbonyl (C=O) groups excluding carboxylic acids is 2. The van der Waals surface area contributed by atoms with Crippen molar-refractivity contribution in [1.82, 2.24) is 5.32 Å². The molecule has 1 aromatic carbocycles. The average Bonchev–Trinajstić information content (AvgIpc) is 3.15. The van der Waals surface area contributed by atoms with E-state index in [1.54, 1.807) is 29.2 Å². The number of rotatable bonds is 4. The molecular formula is C14H15N3O4. The molecule has 1 heterocycles. The molecule has 3 rings (SSSR count). The van der Waals surface area contributed by atoms with Crippen LogP contribution in [0.15, 0.2) is 24.3 Å². The molecular weight excluding hydrogens is 274 g/mol. The molecule has 21 heavy (non-hydrogen) atoms. The van der Waals surface area contributed by atoms with Gasteiger partial charge in [0.25, 0.3) is 0 Å². The number of carbonyl (C=O) groups is 3. The molecule has 1 saturated carbocycles. The van der Waals surface area contributed by atoms with E-state index in [4.69, 9.17) is 5.11 Å². The second-order valence-electron chi connectivity index (χ2n) is 5.21. The Morgan fingerprint density at radius 1 is 1.33 bits per heavy atom. The number of anilines is 2. The number of aliphatic carboxylic acids is 1. The second-order valence-corrected chi connectivity index (χ2v) is 5.21. The largest absolute Gasteiger partial charge is 0.481 e. The molecule has 2 unspecified atom stereocenters. The van der Waals surface area contributed by atoms with Gasteiger partial charge in [-0.15, -0.1) is 0 Å². The third kappa shape index (κ3) is 2.67. The standard InChI is InChI=1S/C14H15N3O4/c18-12(10-7-11(10)13(19)20)16-8-2-1-3-9(6-8)17-5-4-15-14(17)21/h1-3,6,10-11H,4-5,7H2,(H,15,21)(H,16,18)(H,19,20). The van der Waals surface area contributed by atoms with Crippen LogP contribution in [-0.4, -0.2) is 36.1 Å². The summed E-state index contributed by atoms with van der Waals surface area (Å²) in [7, 11) is 0. The number of benzene rings is 1. The van der Waals surface area contributed by atoms with Crippen LogP contribution in [0.4, 0.5) is 16.2 Å². The predicted molar refractivity (Wildman–Crippen MR) is 75.0 cm³/mol. The molecule has 0 radical (unpaired) electrons. The number of carboxylic acid groups (broad SMARTS) is 1. The highest BCUT2D eigenvalue weighted by Gasteiger charge is 2.48. The van der Waals surface area contributed by atoms with Gasteiger partial charge in [-0.3, -0.25) is 14.5 Å². The van der Waals surface area contributed by atoms with Gasteiger partial charge in [-0.25, -0.2) is 4.79 Å². The van der Waals surface area contributed by atoms with E-state index in [2.05, 4.69) is 10.6 Å². The molecule has 3 amide bonds. The fraction of sp³-hybridized carbons (Fsp3) is 0.357. The summed E-state index contributed by atoms with van der Waals surface area (Å²) < 4.78 is 0. The Morgan fingerprint density at radius 3 is 2.76 bits per heavy atom. The fourth-order valence-corrected chi connectivity index (χ4v) is 2.46. The van der Waals surface area contributed by atoms with Gasteiger partial charge in [0.15, 0.2) is 0 Å². The molecule has 110 valence electrons. The molecule has 1 aliphatic heterocycles. The molecule has 2 atom stereocenters. The maximum Gasteiger partial charge on any atom is 0.321 e. The minimum Gasteiger partial charge on any atom is -0.481 e. The summed E-state index contributed by atoms with van der Waals surface area (Å²) in [6.07, 6.45) is 0.384. The summed E-state index contributed by atoms with van der Waals surface area (Å²) in [5, 5.41) is 14.2. The first-order valence-corrected chi connectivity index (χ1v) is 6.75. The van der Waals surface area contributed by atoms with E-state index in [9.17, 15) is 14.4 Å². The van der Waals surface area contributed by atoms with Gasteiger partial charge < -0.3 is 15.7 Å². The Labute approximate surface area is 120 Å². The predicted octanol–water partition coefficient (Wildman–Crippen LogP) is 0.875. The lowest BCUT2D eigenvalue weighted by molar-refractivity contribution is -0.139. The quantitative estimate of drug-likeness (QED) is 0.766. The molecule has 0 aromatic heterocycles. The molecule has 1 aliphatic carbocycles. The zero-order chi connectivity index (χ0) is 15.0. The van der Waals surface area contributed by atoms with Gasteiger partial charge in [-0.2, -0.15) is 0 Å². The fourth-order valence-electron chi connectivity index (χ4n) is 2.46. The minimum atomic E-state index is -0.933. The lowest BCUT2D eigenvalue weighted by atomic mass is 10.2. The first-order valence-electron chi connectivity index (χ1n) is 6.75. The zero-order valence-corrected chi connectivity index (χ0v) is 11.2. The van der Waals surface area contributed by atoms with Crippen LogP contribution in [0, 0.1) is 11.8 Å². The first-order chi connectivity index (χ1) is 10.1. The van der Waals surface area contributed by atoms with E-state index in [0.29, 0.717) is 30.9 Å². The van der Waals surface area contributed by atoms with E-state index < -0.39 is 17.8 Å². The molecule has 2 fully saturated rings. The maximum absolute atomic E-state index is 11.9. The smallest absolute Gasteiger partial charge is 0.321 e. The van der Waals surface area contributed by atoms with Crippen molar-refractivity contribution in [1.29, 1.82) is 0 Å². The zero-order valence-electron chi connectivity index (χ0n) is 11.2. The highest BCUT2D eigenvalue weighted by atomic mass is 16.4. The Morgan fingerprint density at radius 2 is 2.14 bits per heavy atom. The van der Waals surface area contributed by atoms with Crippen molar-refractivity contribution in [2.45, 2.75) is 6.42 Å². The van der Waals surface area contributed by atoms with Crippen LogP contribution < -0.4 is 15.5 Å². The van der Waals surface area contributed by atoms with E-state index in [1.165, 1.54) is 0 Å². The number of urea groups is 1. The third-order valence-corrected chi connectivity index (χ3v) is 3.73. The molecule has 1 saturated heterocycles. The average molecular weight is 289 g/mol. The van der Waals surface area contributed by atoms with Gasteiger partial charge >= 0.3 is 12.0 Å². The van der Waals surface area contributed by atoms with Gasteiger partial charge in [-0.1, -0.05) is 6.07 Å². The lowest BCUT2D eigenvalue weighted by Gasteiger charge is -2.15. The van der Waals surface area contributed by atoms with Crippen LogP contribution in [0.3, 0.4) is 0 Å². The second kappa shape index (κ2) is 5.08. The summed E-state index contributed by atoms with van der Waals surface area (Å²) in [4.78, 5) is 35.9. The van der Waals surface area contributed by atoms with Gasteiger partial charge in [0.05, 0.1) is 11.8 Å². The van der Waals surface area contributed by atoms with Crippen LogP contribution in [0.1, 0.15) is 6.42 Å². The summed E-state index contributed by atoms with van der Waals surface area (Å²) >= 11 is 0. The minimum absolute atomic E-state index is 0.161. The van der Waals surface area contributed by atoms with E-state index in [0.717, 1.165) is 0 Å². The highest BCUT2D eigenvalue weighted by Crippen LogP contribution is 2.39. The summed E-state index contributed by atoms with van der Waals surface area (Å²) in [6.45, 7) is 1.18. The van der Waals surface area contributed by atoms with Crippen molar-refractivity contribution in [2.75, 3.05) is 23.3 Å². The molecule has 2 aliphatic rings. The van der Waals surface area contributed by atoms with Crippen LogP contribution in [0.5, 0.6) is 0 Å². The first kappa shape index (κ1) is 13.4. The SMILES string of the molecule is O=C(O)C1CC1C(=O)Nc1cccc(N2CCNC2=O)c1. The molecule has 3 N–H and O–H groups in total. The van der Waals surface area contributed by atoms with Crippen molar-refractivity contribution in [2.24, 2.45) is 11.8 Å². The van der Waals surface area contributed by atoms with Crippen molar-refractivity contribution in [3.05, 3.63) is 24.3 Å². The molecule has 0 spiro atoms. The van der Waals surface area contributed by atoms with Crippen LogP contribution in [-0.2, 0) is 9.59 Å². The van der Waals surface area contributed by atoms with Crippen molar-refractivity contribution < 1.29 is 19.5 Å². The van der Waals surface area contributed by atoms with Gasteiger partial charge in [0.2, 0.25) is 5.91 Å². The van der Waals surface area contributed by atoms with E-state index in [1.807, 2.05) is 0 Å². The number of carboxylic acids is 1. The lowest BCUT2D eigenvalue weighted by Crippen LogP contribution is -2.27. The van der Waals surface area contributed by atoms with Gasteiger partial charge in [-0.05, 0) is 24.6 Å². The Balaban J connectivity index is 1.68. The topological polar surface area (TPSA) is 98.7 Å². The van der Waals surface area contributed by atoms with Crippen LogP contribution in [0.2, 0.25) is 0 Å². The Kier molecular flexibility index (Phi) is 3.25. The third-order valence-electron chi connectivity index (χ3n) is 3.73. The molecule has 0 bridgehead atoms. The summed E-state index contributed by atoms with van der Waals surface area (Å²) in [6, 6.07) is 6.80. The maximum atomic E-state index is 11.9. The van der Waals surface area contributed by atoms with E-state index in [-0.39, 0.29) is 11.9 Å². The van der Waals surface area contributed by atoms with Crippen molar-refractivity contribution >= 4 is 29.3 Å². The Hall–Kier alpha value is -2.57. The number of nitrogens with one attached hydrogen (secondary N) is 2. The van der Waals surface area contributed by atoms with Crippen molar-refractivity contribution in [3.63, 3.8) is 0 Å². The van der Waals surface area contributed by atoms with Crippen molar-refractivity contribution in [3.8, 4) is 0 Å². The number of hydrogen-bond acceptors (Lipinski definition) is 3. The van der Waals surface area contributed by atoms with E-state index >= 15 is 0 Å². The summed E-state index contributed by atoms with van der Waals surface area (Å²) in [5.74, 6) is -2.25. The molecule has 7 heteroatoms. The molecule has 1 aromatic rings. The highest BCUT2D eigenvalue weighted by molar-refractivity contribution is 5.99. The normalized spacial score (nSPS) is 23.6. The van der Waals surface area contributed by atoms with Crippen LogP contribution >= 0.6 is 0 Å². The summed E-state index contributed by atoms with van der Waals surface area (Å²) in [5.41, 5.74) is 1.27. The van der Waals surface area contributed by atoms with Crippen LogP contribution in [0.25, 0.3) is 0 Å². The monoisotopic (exact) mass is 289 g/mol.